The average molecular weight is 907 g/mol. The molecule has 0 aromatic carbocycles. The summed E-state index contributed by atoms with van der Waals surface area (Å²) in [5.74, 6) is -0.921. The first-order valence-electron chi connectivity index (χ1n) is 27.4. The average Bonchev–Trinajstić information content (AvgIpc) is 3.30. The monoisotopic (exact) mass is 907 g/mol. The minimum atomic E-state index is -0.792. The van der Waals surface area contributed by atoms with Crippen molar-refractivity contribution in [3.05, 3.63) is 72.9 Å². The molecular formula is C59H102O6. The molecular weight excluding hydrogens is 805 g/mol. The van der Waals surface area contributed by atoms with Crippen molar-refractivity contribution in [2.75, 3.05) is 13.2 Å². The number of unbranched alkanes of at least 4 members (excludes halogenated alkanes) is 26. The Kier molecular flexibility index (Phi) is 50.9. The van der Waals surface area contributed by atoms with E-state index in [4.69, 9.17) is 14.2 Å². The highest BCUT2D eigenvalue weighted by atomic mass is 16.6. The second kappa shape index (κ2) is 53.5. The van der Waals surface area contributed by atoms with Crippen molar-refractivity contribution in [3.63, 3.8) is 0 Å². The van der Waals surface area contributed by atoms with Crippen LogP contribution in [0.1, 0.15) is 265 Å². The molecule has 0 heterocycles. The van der Waals surface area contributed by atoms with Crippen molar-refractivity contribution >= 4 is 17.9 Å². The van der Waals surface area contributed by atoms with Gasteiger partial charge >= 0.3 is 17.9 Å². The van der Waals surface area contributed by atoms with Crippen molar-refractivity contribution in [2.45, 2.75) is 271 Å². The highest BCUT2D eigenvalue weighted by Gasteiger charge is 2.19. The van der Waals surface area contributed by atoms with Gasteiger partial charge in [-0.3, -0.25) is 14.4 Å². The van der Waals surface area contributed by atoms with Crippen LogP contribution in [0.3, 0.4) is 0 Å². The standard InChI is InChI=1S/C59H102O6/c1-4-7-10-13-16-19-22-24-26-28-29-31-32-34-37-40-43-46-49-52-58(61)64-55-56(54-63-57(60)51-48-45-42-39-36-21-18-15-12-9-6-3)65-59(62)53-50-47-44-41-38-35-33-30-27-25-23-20-17-14-11-8-5-2/h15-20,24-27,33,35,56H,4-14,21-23,28-32,34,36-55H2,1-3H3/b18-15-,19-16-,20-17-,26-24-,27-25-,35-33-/t56-/m0/s1. The quantitative estimate of drug-likeness (QED) is 0.0262. The lowest BCUT2D eigenvalue weighted by Gasteiger charge is -2.18. The number of hydrogen-bond donors (Lipinski definition) is 0. The maximum absolute atomic E-state index is 12.8. The third kappa shape index (κ3) is 51.7. The van der Waals surface area contributed by atoms with E-state index in [1.54, 1.807) is 0 Å². The fraction of sp³-hybridized carbons (Fsp3) is 0.746. The molecule has 0 aliphatic carbocycles. The van der Waals surface area contributed by atoms with Crippen molar-refractivity contribution in [2.24, 2.45) is 0 Å². The third-order valence-corrected chi connectivity index (χ3v) is 11.7. The van der Waals surface area contributed by atoms with E-state index in [0.717, 1.165) is 96.3 Å². The lowest BCUT2D eigenvalue weighted by atomic mass is 10.1. The number of esters is 3. The van der Waals surface area contributed by atoms with Crippen LogP contribution in [0.2, 0.25) is 0 Å². The minimum absolute atomic E-state index is 0.0893. The Balaban J connectivity index is 4.39. The van der Waals surface area contributed by atoms with Gasteiger partial charge in [0, 0.05) is 19.3 Å². The second-order valence-corrected chi connectivity index (χ2v) is 18.1. The smallest absolute Gasteiger partial charge is 0.306 e. The highest BCUT2D eigenvalue weighted by Crippen LogP contribution is 2.14. The molecule has 0 unspecified atom stereocenters. The molecule has 374 valence electrons. The molecule has 6 heteroatoms. The summed E-state index contributed by atoms with van der Waals surface area (Å²) >= 11 is 0. The molecule has 0 aliphatic heterocycles. The van der Waals surface area contributed by atoms with E-state index in [1.807, 2.05) is 0 Å². The number of carbonyl (C=O) groups excluding carboxylic acids is 3. The van der Waals surface area contributed by atoms with Gasteiger partial charge in [0.15, 0.2) is 6.10 Å². The highest BCUT2D eigenvalue weighted by molar-refractivity contribution is 5.71. The van der Waals surface area contributed by atoms with Gasteiger partial charge in [-0.15, -0.1) is 0 Å². The number of ether oxygens (including phenoxy) is 3. The fourth-order valence-corrected chi connectivity index (χ4v) is 7.46. The summed E-state index contributed by atoms with van der Waals surface area (Å²) in [5, 5.41) is 0. The van der Waals surface area contributed by atoms with Gasteiger partial charge in [-0.2, -0.15) is 0 Å². The van der Waals surface area contributed by atoms with E-state index >= 15 is 0 Å². The summed E-state index contributed by atoms with van der Waals surface area (Å²) in [6, 6.07) is 0. The zero-order valence-corrected chi connectivity index (χ0v) is 42.7. The summed E-state index contributed by atoms with van der Waals surface area (Å²) in [6.07, 6.45) is 67.4. The van der Waals surface area contributed by atoms with Crippen molar-refractivity contribution in [1.29, 1.82) is 0 Å². The summed E-state index contributed by atoms with van der Waals surface area (Å²) in [6.45, 7) is 6.53. The van der Waals surface area contributed by atoms with Gasteiger partial charge < -0.3 is 14.2 Å². The van der Waals surface area contributed by atoms with Crippen LogP contribution in [0.5, 0.6) is 0 Å². The maximum Gasteiger partial charge on any atom is 0.306 e. The Morgan fingerprint density at radius 3 is 0.923 bits per heavy atom. The van der Waals surface area contributed by atoms with Crippen molar-refractivity contribution in [3.8, 4) is 0 Å². The van der Waals surface area contributed by atoms with E-state index in [0.29, 0.717) is 19.3 Å². The van der Waals surface area contributed by atoms with Crippen LogP contribution in [0.15, 0.2) is 72.9 Å². The summed E-state index contributed by atoms with van der Waals surface area (Å²) in [7, 11) is 0. The molecule has 0 amide bonds. The molecule has 0 bridgehead atoms. The number of hydrogen-bond acceptors (Lipinski definition) is 6. The van der Waals surface area contributed by atoms with Crippen LogP contribution in [0.25, 0.3) is 0 Å². The second-order valence-electron chi connectivity index (χ2n) is 18.1. The summed E-state index contributed by atoms with van der Waals surface area (Å²) < 4.78 is 16.8. The Morgan fingerprint density at radius 2 is 0.569 bits per heavy atom. The lowest BCUT2D eigenvalue weighted by Crippen LogP contribution is -2.30. The maximum atomic E-state index is 12.8. The Bertz CT molecular complexity index is 1230. The lowest BCUT2D eigenvalue weighted by molar-refractivity contribution is -0.167. The first-order valence-corrected chi connectivity index (χ1v) is 27.4. The number of rotatable bonds is 49. The predicted molar refractivity (Wildman–Crippen MR) is 279 cm³/mol. The van der Waals surface area contributed by atoms with E-state index in [2.05, 4.69) is 93.7 Å². The molecule has 6 nitrogen and oxygen atoms in total. The normalized spacial score (nSPS) is 12.6. The van der Waals surface area contributed by atoms with Crippen LogP contribution in [0.4, 0.5) is 0 Å². The molecule has 65 heavy (non-hydrogen) atoms. The van der Waals surface area contributed by atoms with Gasteiger partial charge in [0.1, 0.15) is 13.2 Å². The molecule has 0 aromatic rings. The molecule has 0 aromatic heterocycles. The van der Waals surface area contributed by atoms with Crippen LogP contribution in [0, 0.1) is 0 Å². The van der Waals surface area contributed by atoms with Gasteiger partial charge in [0.05, 0.1) is 0 Å². The molecule has 0 fully saturated rings. The predicted octanol–water partition coefficient (Wildman–Crippen LogP) is 18.2. The Labute approximate surface area is 402 Å². The van der Waals surface area contributed by atoms with E-state index in [9.17, 15) is 14.4 Å². The molecule has 0 radical (unpaired) electrons. The van der Waals surface area contributed by atoms with E-state index in [-0.39, 0.29) is 31.1 Å². The van der Waals surface area contributed by atoms with Gasteiger partial charge in [0.25, 0.3) is 0 Å². The zero-order chi connectivity index (χ0) is 47.2. The topological polar surface area (TPSA) is 78.9 Å². The molecule has 0 aliphatic rings. The summed E-state index contributed by atoms with van der Waals surface area (Å²) in [4.78, 5) is 38.0. The first-order chi connectivity index (χ1) is 32.0. The van der Waals surface area contributed by atoms with Gasteiger partial charge in [-0.25, -0.2) is 0 Å². The van der Waals surface area contributed by atoms with Gasteiger partial charge in [-0.1, -0.05) is 209 Å². The van der Waals surface area contributed by atoms with E-state index in [1.165, 1.54) is 128 Å². The van der Waals surface area contributed by atoms with Crippen molar-refractivity contribution < 1.29 is 28.6 Å². The van der Waals surface area contributed by atoms with Crippen LogP contribution < -0.4 is 0 Å². The largest absolute Gasteiger partial charge is 0.462 e. The van der Waals surface area contributed by atoms with E-state index < -0.39 is 6.10 Å². The summed E-state index contributed by atoms with van der Waals surface area (Å²) in [5.41, 5.74) is 0. The van der Waals surface area contributed by atoms with Gasteiger partial charge in [-0.05, 0) is 109 Å². The number of carbonyl (C=O) groups is 3. The SMILES string of the molecule is CCCC/C=C\CCCCCCCC(=O)OC[C@@H](COC(=O)CCCCCCCCCCC/C=C\C/C=C\CCCCC)OC(=O)CCCCCC/C=C\C/C=C\C/C=C\CCCCC. The van der Waals surface area contributed by atoms with Crippen LogP contribution in [-0.2, 0) is 28.6 Å². The Hall–Kier alpha value is -3.15. The zero-order valence-electron chi connectivity index (χ0n) is 42.7. The van der Waals surface area contributed by atoms with Crippen LogP contribution in [-0.4, -0.2) is 37.2 Å². The fourth-order valence-electron chi connectivity index (χ4n) is 7.46. The molecule has 0 saturated heterocycles. The molecule has 0 saturated carbocycles. The molecule has 0 N–H and O–H groups in total. The number of allylic oxidation sites excluding steroid dienone is 12. The van der Waals surface area contributed by atoms with Crippen molar-refractivity contribution in [1.82, 2.24) is 0 Å². The Morgan fingerprint density at radius 1 is 0.308 bits per heavy atom. The molecule has 0 spiro atoms. The van der Waals surface area contributed by atoms with Crippen LogP contribution >= 0.6 is 0 Å². The minimum Gasteiger partial charge on any atom is -0.462 e. The third-order valence-electron chi connectivity index (χ3n) is 11.7. The molecule has 0 rings (SSSR count). The first kappa shape index (κ1) is 61.9. The van der Waals surface area contributed by atoms with Gasteiger partial charge in [0.2, 0.25) is 0 Å². The molecule has 1 atom stereocenters.